The van der Waals surface area contributed by atoms with E-state index in [2.05, 4.69) is 112 Å². The van der Waals surface area contributed by atoms with Gasteiger partial charge in [0.15, 0.2) is 6.10 Å². The van der Waals surface area contributed by atoms with Crippen LogP contribution in [0.1, 0.15) is 335 Å². The molecule has 0 aliphatic heterocycles. The van der Waals surface area contributed by atoms with Crippen LogP contribution in [-0.4, -0.2) is 37.2 Å². The molecule has 0 aromatic heterocycles. The third-order valence-electron chi connectivity index (χ3n) is 14.8. The normalized spacial score (nSPS) is 12.7. The fourth-order valence-corrected chi connectivity index (χ4v) is 9.68. The van der Waals surface area contributed by atoms with E-state index in [1.807, 2.05) is 6.08 Å². The van der Waals surface area contributed by atoms with Crippen LogP contribution in [0.25, 0.3) is 0 Å². The first kappa shape index (κ1) is 76.3. The number of allylic oxidation sites excluding steroid dienone is 16. The van der Waals surface area contributed by atoms with Gasteiger partial charge in [0.05, 0.1) is 0 Å². The van der Waals surface area contributed by atoms with Crippen LogP contribution in [0.4, 0.5) is 0 Å². The van der Waals surface area contributed by atoms with Crippen LogP contribution in [0.5, 0.6) is 0 Å². The van der Waals surface area contributed by atoms with Crippen molar-refractivity contribution in [2.75, 3.05) is 13.2 Å². The summed E-state index contributed by atoms with van der Waals surface area (Å²) in [7, 11) is 0. The van der Waals surface area contributed by atoms with Gasteiger partial charge in [0, 0.05) is 19.3 Å². The zero-order valence-electron chi connectivity index (χ0n) is 52.8. The Bertz CT molecular complexity index is 1560. The van der Waals surface area contributed by atoms with Gasteiger partial charge in [0.25, 0.3) is 0 Å². The summed E-state index contributed by atoms with van der Waals surface area (Å²) in [6.45, 7) is 6.42. The highest BCUT2D eigenvalue weighted by molar-refractivity contribution is 5.71. The number of carbonyl (C=O) groups is 3. The van der Waals surface area contributed by atoms with Gasteiger partial charge >= 0.3 is 17.9 Å². The molecule has 0 saturated carbocycles. The van der Waals surface area contributed by atoms with Gasteiger partial charge in [-0.1, -0.05) is 311 Å². The molecular weight excluding hydrogens is 985 g/mol. The summed E-state index contributed by atoms with van der Waals surface area (Å²) in [4.78, 5) is 38.2. The van der Waals surface area contributed by atoms with Crippen molar-refractivity contribution in [2.24, 2.45) is 0 Å². The predicted octanol–water partition coefficient (Wildman–Crippen LogP) is 23.6. The number of rotatable bonds is 62. The second-order valence-electron chi connectivity index (χ2n) is 22.7. The van der Waals surface area contributed by atoms with Gasteiger partial charge in [0.2, 0.25) is 0 Å². The van der Waals surface area contributed by atoms with E-state index >= 15 is 0 Å². The molecule has 0 aromatic carbocycles. The fourth-order valence-electron chi connectivity index (χ4n) is 9.68. The van der Waals surface area contributed by atoms with Crippen molar-refractivity contribution >= 4 is 17.9 Å². The van der Waals surface area contributed by atoms with Crippen molar-refractivity contribution in [3.63, 3.8) is 0 Å². The van der Waals surface area contributed by atoms with Gasteiger partial charge in [0.1, 0.15) is 13.2 Å². The summed E-state index contributed by atoms with van der Waals surface area (Å²) in [6.07, 6.45) is 91.9. The van der Waals surface area contributed by atoms with Crippen molar-refractivity contribution in [1.29, 1.82) is 0 Å². The van der Waals surface area contributed by atoms with Gasteiger partial charge in [-0.05, 0) is 103 Å². The average molecular weight is 1110 g/mol. The lowest BCUT2D eigenvalue weighted by atomic mass is 10.0. The monoisotopic (exact) mass is 1110 g/mol. The second-order valence-corrected chi connectivity index (χ2v) is 22.7. The minimum Gasteiger partial charge on any atom is -0.462 e. The minimum absolute atomic E-state index is 0.103. The number of unbranched alkanes of at least 4 members (excludes halogenated alkanes) is 35. The van der Waals surface area contributed by atoms with E-state index in [0.717, 1.165) is 96.3 Å². The Morgan fingerprint density at radius 2 is 0.525 bits per heavy atom. The molecular formula is C74H128O6. The molecule has 0 fully saturated rings. The van der Waals surface area contributed by atoms with Crippen LogP contribution in [0.15, 0.2) is 97.2 Å². The van der Waals surface area contributed by atoms with E-state index < -0.39 is 6.10 Å². The lowest BCUT2D eigenvalue weighted by Crippen LogP contribution is -2.30. The topological polar surface area (TPSA) is 78.9 Å². The van der Waals surface area contributed by atoms with Gasteiger partial charge in [-0.25, -0.2) is 0 Å². The van der Waals surface area contributed by atoms with E-state index in [1.54, 1.807) is 0 Å². The quantitative estimate of drug-likeness (QED) is 0.0261. The van der Waals surface area contributed by atoms with Gasteiger partial charge < -0.3 is 14.2 Å². The molecule has 0 rings (SSSR count). The van der Waals surface area contributed by atoms with E-state index in [1.165, 1.54) is 193 Å². The Hall–Kier alpha value is -3.67. The highest BCUT2D eigenvalue weighted by Crippen LogP contribution is 2.17. The van der Waals surface area contributed by atoms with Crippen LogP contribution >= 0.6 is 0 Å². The van der Waals surface area contributed by atoms with Crippen molar-refractivity contribution in [3.8, 4) is 0 Å². The van der Waals surface area contributed by atoms with Gasteiger partial charge in [-0.2, -0.15) is 0 Å². The van der Waals surface area contributed by atoms with Crippen molar-refractivity contribution < 1.29 is 28.6 Å². The lowest BCUT2D eigenvalue weighted by Gasteiger charge is -2.18. The molecule has 0 bridgehead atoms. The first-order chi connectivity index (χ1) is 39.5. The lowest BCUT2D eigenvalue weighted by molar-refractivity contribution is -0.166. The van der Waals surface area contributed by atoms with Crippen LogP contribution < -0.4 is 0 Å². The Labute approximate surface area is 496 Å². The third kappa shape index (κ3) is 65.1. The Morgan fingerprint density at radius 1 is 0.263 bits per heavy atom. The predicted molar refractivity (Wildman–Crippen MR) is 348 cm³/mol. The molecule has 80 heavy (non-hydrogen) atoms. The molecule has 460 valence electrons. The molecule has 1 unspecified atom stereocenters. The SMILES string of the molecule is CC/C=C\C/C=C\C/C=C\C/C=C\CCC(=O)OCC(COC(=O)CCCCCCCCCCCCCCCCCCCCCCCCC/C=C\C/C=C\CCCCCCC)OC(=O)CCCCCCC/C=C\C/C=C\CCCC. The zero-order valence-corrected chi connectivity index (χ0v) is 52.8. The number of carbonyl (C=O) groups excluding carboxylic acids is 3. The summed E-state index contributed by atoms with van der Waals surface area (Å²) in [5.74, 6) is -0.992. The molecule has 0 aliphatic rings. The third-order valence-corrected chi connectivity index (χ3v) is 14.8. The highest BCUT2D eigenvalue weighted by Gasteiger charge is 2.19. The van der Waals surface area contributed by atoms with E-state index in [-0.39, 0.29) is 37.5 Å². The van der Waals surface area contributed by atoms with Crippen LogP contribution in [0, 0.1) is 0 Å². The average Bonchev–Trinajstić information content (AvgIpc) is 3.46. The number of hydrogen-bond donors (Lipinski definition) is 0. The first-order valence-corrected chi connectivity index (χ1v) is 34.2. The Kier molecular flexibility index (Phi) is 64.7. The molecule has 0 spiro atoms. The standard InChI is InChI=1S/C74H128O6/c1-4-7-10-13-16-19-22-25-27-28-29-30-31-32-33-34-35-36-37-38-39-40-41-42-43-44-45-46-47-50-52-55-58-61-64-67-73(76)79-70-71(69-78-72(75)66-63-60-57-54-51-48-24-21-18-15-12-9-6-3)80-74(77)68-65-62-59-56-53-49-26-23-20-17-14-11-8-5-2/h9,12,14,17-18,21-23,25-26,28-29,48,51,57,60,71H,4-8,10-11,13,15-16,19-20,24,27,30-47,49-50,52-56,58-59,61-70H2,1-3H3/b12-9-,17-14-,21-18-,25-22-,26-23-,29-28-,51-48-,60-57-. The molecule has 6 heteroatoms. The molecule has 0 amide bonds. The minimum atomic E-state index is -0.813. The summed E-state index contributed by atoms with van der Waals surface area (Å²) >= 11 is 0. The molecule has 0 N–H and O–H groups in total. The summed E-state index contributed by atoms with van der Waals surface area (Å²) in [5, 5.41) is 0. The first-order valence-electron chi connectivity index (χ1n) is 34.2. The Morgan fingerprint density at radius 3 is 0.875 bits per heavy atom. The molecule has 0 radical (unpaired) electrons. The number of hydrogen-bond acceptors (Lipinski definition) is 6. The highest BCUT2D eigenvalue weighted by atomic mass is 16.6. The summed E-state index contributed by atoms with van der Waals surface area (Å²) < 4.78 is 16.8. The zero-order chi connectivity index (χ0) is 57.8. The second kappa shape index (κ2) is 67.8. The van der Waals surface area contributed by atoms with Crippen LogP contribution in [0.3, 0.4) is 0 Å². The van der Waals surface area contributed by atoms with Crippen LogP contribution in [0.2, 0.25) is 0 Å². The molecule has 0 aliphatic carbocycles. The van der Waals surface area contributed by atoms with Crippen LogP contribution in [-0.2, 0) is 28.6 Å². The van der Waals surface area contributed by atoms with Crippen molar-refractivity contribution in [1.82, 2.24) is 0 Å². The van der Waals surface area contributed by atoms with E-state index in [9.17, 15) is 14.4 Å². The molecule has 0 aromatic rings. The molecule has 0 heterocycles. The molecule has 1 atom stereocenters. The summed E-state index contributed by atoms with van der Waals surface area (Å²) in [5.41, 5.74) is 0. The van der Waals surface area contributed by atoms with E-state index in [0.29, 0.717) is 19.3 Å². The fraction of sp³-hybridized carbons (Fsp3) is 0.743. The number of esters is 3. The maximum absolute atomic E-state index is 12.9. The summed E-state index contributed by atoms with van der Waals surface area (Å²) in [6, 6.07) is 0. The molecule has 6 nitrogen and oxygen atoms in total. The maximum Gasteiger partial charge on any atom is 0.306 e. The largest absolute Gasteiger partial charge is 0.462 e. The molecule has 0 saturated heterocycles. The van der Waals surface area contributed by atoms with Gasteiger partial charge in [-0.15, -0.1) is 0 Å². The Balaban J connectivity index is 4.10. The maximum atomic E-state index is 12.9. The van der Waals surface area contributed by atoms with Gasteiger partial charge in [-0.3, -0.25) is 14.4 Å². The van der Waals surface area contributed by atoms with E-state index in [4.69, 9.17) is 14.2 Å². The van der Waals surface area contributed by atoms with Crippen molar-refractivity contribution in [2.45, 2.75) is 341 Å². The number of ether oxygens (including phenoxy) is 3. The smallest absolute Gasteiger partial charge is 0.306 e. The van der Waals surface area contributed by atoms with Crippen molar-refractivity contribution in [3.05, 3.63) is 97.2 Å².